The Labute approximate surface area is 181 Å². The topological polar surface area (TPSA) is 103 Å². The van der Waals surface area contributed by atoms with Crippen LogP contribution in [0.5, 0.6) is 11.5 Å². The molecular formula is C21H16F2N4O4S. The third kappa shape index (κ3) is 4.28. The number of anilines is 1. The van der Waals surface area contributed by atoms with E-state index in [0.29, 0.717) is 22.4 Å². The van der Waals surface area contributed by atoms with E-state index in [4.69, 9.17) is 4.74 Å². The molecule has 0 saturated carbocycles. The van der Waals surface area contributed by atoms with Crippen molar-refractivity contribution in [3.8, 4) is 22.8 Å². The molecule has 0 unspecified atom stereocenters. The van der Waals surface area contributed by atoms with Crippen LogP contribution in [-0.4, -0.2) is 29.2 Å². The zero-order valence-electron chi connectivity index (χ0n) is 16.8. The molecule has 0 aliphatic rings. The Balaban J connectivity index is 1.96. The van der Waals surface area contributed by atoms with E-state index in [9.17, 15) is 22.0 Å². The van der Waals surface area contributed by atoms with Gasteiger partial charge in [0.25, 0.3) is 5.56 Å². The molecule has 0 fully saturated rings. The first kappa shape index (κ1) is 21.4. The van der Waals surface area contributed by atoms with Gasteiger partial charge in [-0.25, -0.2) is 27.2 Å². The normalized spacial score (nSPS) is 11.5. The minimum atomic E-state index is -3.69. The lowest BCUT2D eigenvalue weighted by Gasteiger charge is -2.15. The smallest absolute Gasteiger partial charge is 0.258 e. The van der Waals surface area contributed by atoms with Crippen molar-refractivity contribution in [1.29, 1.82) is 0 Å². The maximum absolute atomic E-state index is 14.2. The third-order valence-corrected chi connectivity index (χ3v) is 5.04. The number of aryl methyl sites for hydroxylation is 1. The second-order valence-electron chi connectivity index (χ2n) is 6.96. The molecule has 0 radical (unpaired) electrons. The largest absolute Gasteiger partial charge is 0.450 e. The molecule has 0 saturated heterocycles. The quantitative estimate of drug-likeness (QED) is 0.492. The fourth-order valence-corrected chi connectivity index (χ4v) is 3.56. The zero-order chi connectivity index (χ0) is 23.0. The Bertz CT molecular complexity index is 1520. The molecule has 0 aliphatic carbocycles. The molecule has 0 spiro atoms. The molecule has 0 bridgehead atoms. The lowest BCUT2D eigenvalue weighted by Crippen LogP contribution is -2.17. The van der Waals surface area contributed by atoms with Crippen molar-refractivity contribution < 1.29 is 21.9 Å². The van der Waals surface area contributed by atoms with Crippen LogP contribution in [0.3, 0.4) is 0 Å². The molecule has 32 heavy (non-hydrogen) atoms. The molecule has 2 heterocycles. The maximum Gasteiger partial charge on any atom is 0.258 e. The van der Waals surface area contributed by atoms with Crippen LogP contribution < -0.4 is 15.0 Å². The molecule has 2 aromatic carbocycles. The molecule has 8 nitrogen and oxygen atoms in total. The van der Waals surface area contributed by atoms with E-state index in [1.807, 2.05) is 0 Å². The summed E-state index contributed by atoms with van der Waals surface area (Å²) in [6.45, 7) is 0. The van der Waals surface area contributed by atoms with Crippen molar-refractivity contribution in [1.82, 2.24) is 14.5 Å². The molecular weight excluding hydrogens is 442 g/mol. The van der Waals surface area contributed by atoms with Gasteiger partial charge in [0.2, 0.25) is 16.0 Å². The van der Waals surface area contributed by atoms with Gasteiger partial charge < -0.3 is 9.30 Å². The number of benzene rings is 2. The Morgan fingerprint density at radius 1 is 1.06 bits per heavy atom. The highest BCUT2D eigenvalue weighted by atomic mass is 32.2. The van der Waals surface area contributed by atoms with E-state index in [1.165, 1.54) is 17.0 Å². The van der Waals surface area contributed by atoms with Gasteiger partial charge in [0.15, 0.2) is 17.3 Å². The van der Waals surface area contributed by atoms with Crippen molar-refractivity contribution >= 4 is 26.7 Å². The number of sulfonamides is 1. The van der Waals surface area contributed by atoms with Gasteiger partial charge in [-0.3, -0.25) is 9.52 Å². The molecule has 2 aromatic heterocycles. The number of pyridine rings is 1. The average molecular weight is 458 g/mol. The van der Waals surface area contributed by atoms with Crippen LogP contribution in [0.15, 0.2) is 59.7 Å². The Hall–Kier alpha value is -3.86. The number of hydrogen-bond donors (Lipinski definition) is 1. The summed E-state index contributed by atoms with van der Waals surface area (Å²) in [5.41, 5.74) is 0.265. The second-order valence-corrected chi connectivity index (χ2v) is 8.71. The second kappa shape index (κ2) is 8.00. The van der Waals surface area contributed by atoms with Crippen LogP contribution in [0, 0.1) is 11.6 Å². The molecule has 11 heteroatoms. The van der Waals surface area contributed by atoms with Crippen LogP contribution in [0.25, 0.3) is 22.0 Å². The number of aromatic nitrogens is 3. The highest BCUT2D eigenvalue weighted by Crippen LogP contribution is 2.36. The van der Waals surface area contributed by atoms with Crippen molar-refractivity contribution in [3.63, 3.8) is 0 Å². The van der Waals surface area contributed by atoms with Crippen LogP contribution in [0.2, 0.25) is 0 Å². The van der Waals surface area contributed by atoms with Gasteiger partial charge in [-0.2, -0.15) is 0 Å². The highest BCUT2D eigenvalue weighted by Gasteiger charge is 2.19. The summed E-state index contributed by atoms with van der Waals surface area (Å²) in [5, 5.41) is 0.909. The van der Waals surface area contributed by atoms with Gasteiger partial charge in [0.05, 0.1) is 12.5 Å². The van der Waals surface area contributed by atoms with Crippen LogP contribution in [0.4, 0.5) is 14.7 Å². The van der Waals surface area contributed by atoms with Gasteiger partial charge >= 0.3 is 0 Å². The summed E-state index contributed by atoms with van der Waals surface area (Å²) >= 11 is 0. The third-order valence-electron chi connectivity index (χ3n) is 4.49. The first-order chi connectivity index (χ1) is 15.1. The monoisotopic (exact) mass is 458 g/mol. The molecule has 4 aromatic rings. The predicted molar refractivity (Wildman–Crippen MR) is 115 cm³/mol. The minimum absolute atomic E-state index is 0.0293. The van der Waals surface area contributed by atoms with Gasteiger partial charge in [-0.15, -0.1) is 0 Å². The van der Waals surface area contributed by atoms with Crippen molar-refractivity contribution in [2.45, 2.75) is 0 Å². The van der Waals surface area contributed by atoms with Gasteiger partial charge in [-0.05, 0) is 23.6 Å². The molecule has 0 atom stereocenters. The lowest BCUT2D eigenvalue weighted by atomic mass is 10.0. The highest BCUT2D eigenvalue weighted by molar-refractivity contribution is 7.91. The molecule has 0 amide bonds. The first-order valence-corrected chi connectivity index (χ1v) is 11.1. The zero-order valence-corrected chi connectivity index (χ0v) is 17.7. The van der Waals surface area contributed by atoms with Crippen molar-refractivity contribution in [2.24, 2.45) is 7.05 Å². The molecule has 0 aliphatic heterocycles. The summed E-state index contributed by atoms with van der Waals surface area (Å²) in [5.74, 6) is -2.28. The number of ether oxygens (including phenoxy) is 1. The SMILES string of the molecule is Cn1cc(-c2nc(NS(C)(=O)=O)ncc2Oc2ccc(F)cc2F)c2ccccc2c1=O. The number of fused-ring (bicyclic) bond motifs is 1. The van der Waals surface area contributed by atoms with Gasteiger partial charge in [0.1, 0.15) is 11.5 Å². The van der Waals surface area contributed by atoms with E-state index >= 15 is 0 Å². The summed E-state index contributed by atoms with van der Waals surface area (Å²) in [6, 6.07) is 9.56. The van der Waals surface area contributed by atoms with Crippen molar-refractivity contribution in [2.75, 3.05) is 11.0 Å². The number of nitrogens with one attached hydrogen (secondary N) is 1. The number of rotatable bonds is 5. The Morgan fingerprint density at radius 2 is 1.78 bits per heavy atom. The number of hydrogen-bond acceptors (Lipinski definition) is 6. The lowest BCUT2D eigenvalue weighted by molar-refractivity contribution is 0.436. The molecule has 1 N–H and O–H groups in total. The summed E-state index contributed by atoms with van der Waals surface area (Å²) < 4.78 is 59.9. The fraction of sp³-hybridized carbons (Fsp3) is 0.0952. The van der Waals surface area contributed by atoms with Gasteiger partial charge in [0, 0.05) is 30.3 Å². The average Bonchev–Trinajstić information content (AvgIpc) is 2.72. The Morgan fingerprint density at radius 3 is 2.47 bits per heavy atom. The molecule has 164 valence electrons. The van der Waals surface area contributed by atoms with E-state index in [2.05, 4.69) is 14.7 Å². The summed E-state index contributed by atoms with van der Waals surface area (Å²) in [6.07, 6.45) is 3.61. The summed E-state index contributed by atoms with van der Waals surface area (Å²) in [7, 11) is -2.14. The van der Waals surface area contributed by atoms with E-state index in [0.717, 1.165) is 18.4 Å². The number of halogens is 2. The van der Waals surface area contributed by atoms with E-state index in [-0.39, 0.29) is 28.7 Å². The van der Waals surface area contributed by atoms with E-state index in [1.54, 1.807) is 31.3 Å². The van der Waals surface area contributed by atoms with Crippen molar-refractivity contribution in [3.05, 3.63) is 76.8 Å². The van der Waals surface area contributed by atoms with Crippen LogP contribution in [-0.2, 0) is 17.1 Å². The Kier molecular flexibility index (Phi) is 5.35. The van der Waals surface area contributed by atoms with Gasteiger partial charge in [-0.1, -0.05) is 18.2 Å². The summed E-state index contributed by atoms with van der Waals surface area (Å²) in [4.78, 5) is 20.7. The predicted octanol–water partition coefficient (Wildman–Crippen LogP) is 3.44. The fourth-order valence-electron chi connectivity index (χ4n) is 3.13. The van der Waals surface area contributed by atoms with E-state index < -0.39 is 21.7 Å². The molecule has 4 rings (SSSR count). The van der Waals surface area contributed by atoms with Crippen LogP contribution >= 0.6 is 0 Å². The number of nitrogens with zero attached hydrogens (tertiary/aromatic N) is 3. The standard InChI is InChI=1S/C21H16F2N4O4S/c1-27-11-15(13-5-3-4-6-14(13)20(27)28)19-18(10-24-21(25-19)26-32(2,29)30)31-17-8-7-12(22)9-16(17)23/h3-11H,1-2H3,(H,24,25,26). The first-order valence-electron chi connectivity index (χ1n) is 9.19. The van der Waals surface area contributed by atoms with Crippen LogP contribution in [0.1, 0.15) is 0 Å². The minimum Gasteiger partial charge on any atom is -0.450 e. The maximum atomic E-state index is 14.2.